The number of halogens is 2. The molecule has 0 heterocycles. The van der Waals surface area contributed by atoms with Crippen molar-refractivity contribution in [2.75, 3.05) is 0 Å². The highest BCUT2D eigenvalue weighted by molar-refractivity contribution is 6.41. The van der Waals surface area contributed by atoms with E-state index in [1.807, 2.05) is 24.3 Å². The second-order valence-corrected chi connectivity index (χ2v) is 5.67. The Hall–Kier alpha value is -1.31. The van der Waals surface area contributed by atoms with Gasteiger partial charge in [-0.25, -0.2) is 0 Å². The number of ketones is 1. The van der Waals surface area contributed by atoms with Crippen LogP contribution in [0.25, 0.3) is 0 Å². The second-order valence-electron chi connectivity index (χ2n) is 4.86. The van der Waals surface area contributed by atoms with Gasteiger partial charge >= 0.3 is 0 Å². The molecule has 2 aromatic carbocycles. The maximum absolute atomic E-state index is 12.5. The fourth-order valence-electron chi connectivity index (χ4n) is 2.06. The molecule has 0 bridgehead atoms. The summed E-state index contributed by atoms with van der Waals surface area (Å²) in [5.41, 5.74) is 2.20. The minimum Gasteiger partial charge on any atom is -0.288 e. The van der Waals surface area contributed by atoms with Crippen molar-refractivity contribution in [2.45, 2.75) is 26.2 Å². The fraction of sp³-hybridized carbons (Fsp3) is 0.235. The molecule has 104 valence electrons. The maximum Gasteiger partial charge on any atom is 0.196 e. The van der Waals surface area contributed by atoms with Crippen molar-refractivity contribution in [3.05, 3.63) is 69.2 Å². The summed E-state index contributed by atoms with van der Waals surface area (Å²) in [7, 11) is 0. The topological polar surface area (TPSA) is 17.1 Å². The highest BCUT2D eigenvalue weighted by atomic mass is 35.5. The monoisotopic (exact) mass is 306 g/mol. The molecule has 3 heteroatoms. The maximum atomic E-state index is 12.5. The molecule has 1 nitrogen and oxygen atoms in total. The SMILES string of the molecule is CCC(C)c1ccc(C(=O)c2c(Cl)cccc2Cl)cc1. The van der Waals surface area contributed by atoms with Gasteiger partial charge in [-0.3, -0.25) is 4.79 Å². The van der Waals surface area contributed by atoms with Crippen LogP contribution in [0.1, 0.15) is 47.7 Å². The van der Waals surface area contributed by atoms with Crippen molar-refractivity contribution in [1.29, 1.82) is 0 Å². The standard InChI is InChI=1S/C17H16Cl2O/c1-3-11(2)12-7-9-13(10-8-12)17(20)16-14(18)5-4-6-15(16)19/h4-11H,3H2,1-2H3. The Morgan fingerprint density at radius 1 is 1.05 bits per heavy atom. The van der Waals surface area contributed by atoms with E-state index in [-0.39, 0.29) is 5.78 Å². The van der Waals surface area contributed by atoms with E-state index in [1.54, 1.807) is 18.2 Å². The van der Waals surface area contributed by atoms with Gasteiger partial charge < -0.3 is 0 Å². The van der Waals surface area contributed by atoms with E-state index in [0.717, 1.165) is 6.42 Å². The third kappa shape index (κ3) is 3.05. The Bertz CT molecular complexity index is 597. The minimum atomic E-state index is -0.142. The van der Waals surface area contributed by atoms with Gasteiger partial charge in [0, 0.05) is 5.56 Å². The van der Waals surface area contributed by atoms with Crippen LogP contribution in [0.5, 0.6) is 0 Å². The lowest BCUT2D eigenvalue weighted by molar-refractivity contribution is 0.103. The van der Waals surface area contributed by atoms with Crippen LogP contribution in [-0.2, 0) is 0 Å². The number of carbonyl (C=O) groups is 1. The van der Waals surface area contributed by atoms with Crippen molar-refractivity contribution in [3.8, 4) is 0 Å². The molecule has 1 unspecified atom stereocenters. The Balaban J connectivity index is 2.35. The van der Waals surface area contributed by atoms with Gasteiger partial charge in [-0.1, -0.05) is 67.4 Å². The molecular weight excluding hydrogens is 291 g/mol. The quantitative estimate of drug-likeness (QED) is 0.658. The lowest BCUT2D eigenvalue weighted by atomic mass is 9.95. The van der Waals surface area contributed by atoms with Crippen molar-refractivity contribution in [2.24, 2.45) is 0 Å². The number of carbonyl (C=O) groups excluding carboxylic acids is 1. The van der Waals surface area contributed by atoms with E-state index in [9.17, 15) is 4.79 Å². The Morgan fingerprint density at radius 2 is 1.60 bits per heavy atom. The highest BCUT2D eigenvalue weighted by Gasteiger charge is 2.16. The van der Waals surface area contributed by atoms with Gasteiger partial charge in [0.15, 0.2) is 5.78 Å². The molecular formula is C17H16Cl2O. The van der Waals surface area contributed by atoms with Gasteiger partial charge in [-0.05, 0) is 30.0 Å². The summed E-state index contributed by atoms with van der Waals surface area (Å²) in [6.07, 6.45) is 1.07. The number of benzene rings is 2. The van der Waals surface area contributed by atoms with Gasteiger partial charge in [0.2, 0.25) is 0 Å². The molecule has 0 aliphatic carbocycles. The van der Waals surface area contributed by atoms with Gasteiger partial charge in [-0.15, -0.1) is 0 Å². The van der Waals surface area contributed by atoms with E-state index in [2.05, 4.69) is 13.8 Å². The summed E-state index contributed by atoms with van der Waals surface area (Å²) >= 11 is 12.1. The van der Waals surface area contributed by atoms with Crippen molar-refractivity contribution in [3.63, 3.8) is 0 Å². The lowest BCUT2D eigenvalue weighted by Gasteiger charge is -2.10. The van der Waals surface area contributed by atoms with Crippen LogP contribution in [0.2, 0.25) is 10.0 Å². The van der Waals surface area contributed by atoms with Crippen molar-refractivity contribution in [1.82, 2.24) is 0 Å². The van der Waals surface area contributed by atoms with Gasteiger partial charge in [0.1, 0.15) is 0 Å². The highest BCUT2D eigenvalue weighted by Crippen LogP contribution is 2.27. The molecule has 2 rings (SSSR count). The third-order valence-electron chi connectivity index (χ3n) is 3.54. The molecule has 0 fully saturated rings. The second kappa shape index (κ2) is 6.43. The lowest BCUT2D eigenvalue weighted by Crippen LogP contribution is -2.03. The summed E-state index contributed by atoms with van der Waals surface area (Å²) in [5.74, 6) is 0.347. The first-order valence-electron chi connectivity index (χ1n) is 6.63. The molecule has 20 heavy (non-hydrogen) atoms. The smallest absolute Gasteiger partial charge is 0.196 e. The van der Waals surface area contributed by atoms with Gasteiger partial charge in [-0.2, -0.15) is 0 Å². The van der Waals surface area contributed by atoms with E-state index in [4.69, 9.17) is 23.2 Å². The number of hydrogen-bond acceptors (Lipinski definition) is 1. The molecule has 0 radical (unpaired) electrons. The van der Waals surface area contributed by atoms with Crippen LogP contribution in [0.4, 0.5) is 0 Å². The molecule has 0 aliphatic rings. The Labute approximate surface area is 129 Å². The predicted molar refractivity (Wildman–Crippen MR) is 85.0 cm³/mol. The summed E-state index contributed by atoms with van der Waals surface area (Å²) in [6.45, 7) is 4.31. The molecule has 0 N–H and O–H groups in total. The molecule has 0 saturated carbocycles. The first-order chi connectivity index (χ1) is 9.54. The average molecular weight is 307 g/mol. The third-order valence-corrected chi connectivity index (χ3v) is 4.17. The Kier molecular flexibility index (Phi) is 4.85. The van der Waals surface area contributed by atoms with Crippen LogP contribution < -0.4 is 0 Å². The first kappa shape index (κ1) is 15.1. The average Bonchev–Trinajstić information content (AvgIpc) is 2.46. The molecule has 0 spiro atoms. The van der Waals surface area contributed by atoms with Gasteiger partial charge in [0.05, 0.1) is 15.6 Å². The first-order valence-corrected chi connectivity index (χ1v) is 7.38. The summed E-state index contributed by atoms with van der Waals surface area (Å²) in [6, 6.07) is 12.7. The van der Waals surface area contributed by atoms with Crippen LogP contribution in [-0.4, -0.2) is 5.78 Å². The largest absolute Gasteiger partial charge is 0.288 e. The molecule has 0 aliphatic heterocycles. The normalized spacial score (nSPS) is 12.2. The zero-order valence-electron chi connectivity index (χ0n) is 11.5. The van der Waals surface area contributed by atoms with E-state index < -0.39 is 0 Å². The fourth-order valence-corrected chi connectivity index (χ4v) is 2.63. The van der Waals surface area contributed by atoms with E-state index >= 15 is 0 Å². The van der Waals surface area contributed by atoms with Crippen molar-refractivity contribution < 1.29 is 4.79 Å². The molecule has 0 aromatic heterocycles. The van der Waals surface area contributed by atoms with E-state index in [0.29, 0.717) is 27.1 Å². The van der Waals surface area contributed by atoms with Crippen LogP contribution in [0.3, 0.4) is 0 Å². The predicted octanol–water partition coefficient (Wildman–Crippen LogP) is 5.74. The van der Waals surface area contributed by atoms with E-state index in [1.165, 1.54) is 5.56 Å². The van der Waals surface area contributed by atoms with Crippen LogP contribution in [0.15, 0.2) is 42.5 Å². The summed E-state index contributed by atoms with van der Waals surface area (Å²) in [4.78, 5) is 12.5. The Morgan fingerprint density at radius 3 is 2.10 bits per heavy atom. The number of rotatable bonds is 4. The number of hydrogen-bond donors (Lipinski definition) is 0. The summed E-state index contributed by atoms with van der Waals surface area (Å²) < 4.78 is 0. The zero-order valence-corrected chi connectivity index (χ0v) is 13.0. The van der Waals surface area contributed by atoms with Crippen LogP contribution in [0, 0.1) is 0 Å². The molecule has 0 amide bonds. The molecule has 1 atom stereocenters. The summed E-state index contributed by atoms with van der Waals surface area (Å²) in [5, 5.41) is 0.766. The molecule has 2 aromatic rings. The van der Waals surface area contributed by atoms with Crippen LogP contribution >= 0.6 is 23.2 Å². The molecule has 0 saturated heterocycles. The minimum absolute atomic E-state index is 0.142. The van der Waals surface area contributed by atoms with Crippen molar-refractivity contribution >= 4 is 29.0 Å². The van der Waals surface area contributed by atoms with Gasteiger partial charge in [0.25, 0.3) is 0 Å². The zero-order chi connectivity index (χ0) is 14.7.